The van der Waals surface area contributed by atoms with Gasteiger partial charge in [0.25, 0.3) is 0 Å². The number of hydrogen-bond acceptors (Lipinski definition) is 4. The van der Waals surface area contributed by atoms with Crippen LogP contribution in [0.5, 0.6) is 0 Å². The lowest BCUT2D eigenvalue weighted by molar-refractivity contribution is -0.121. The van der Waals surface area contributed by atoms with Crippen molar-refractivity contribution >= 4 is 34.8 Å². The first-order chi connectivity index (χ1) is 8.09. The molecule has 17 heavy (non-hydrogen) atoms. The van der Waals surface area contributed by atoms with Crippen molar-refractivity contribution in [3.8, 4) is 0 Å². The predicted octanol–water partition coefficient (Wildman–Crippen LogP) is 2.15. The van der Waals surface area contributed by atoms with E-state index in [9.17, 15) is 4.79 Å². The number of aromatic nitrogens is 2. The largest absolute Gasteiger partial charge is 0.378 e. The second kappa shape index (κ2) is 5.16. The van der Waals surface area contributed by atoms with Gasteiger partial charge in [-0.05, 0) is 13.3 Å². The minimum absolute atomic E-state index is 0.0998. The summed E-state index contributed by atoms with van der Waals surface area (Å²) in [5.41, 5.74) is 0.250. The van der Waals surface area contributed by atoms with E-state index < -0.39 is 0 Å². The Hall–Kier alpha value is -0.910. The van der Waals surface area contributed by atoms with Gasteiger partial charge in [-0.15, -0.1) is 0 Å². The molecule has 5 nitrogen and oxygen atoms in total. The highest BCUT2D eigenvalue weighted by Gasteiger charge is 2.31. The van der Waals surface area contributed by atoms with Gasteiger partial charge in [0.1, 0.15) is 12.0 Å². The number of halogens is 2. The number of carbonyl (C=O) groups is 1. The summed E-state index contributed by atoms with van der Waals surface area (Å²) in [5.74, 6) is -0.365. The SMILES string of the molecule is CC1OCCC1C(=O)Nc1c(Cl)ncnc1Cl. The van der Waals surface area contributed by atoms with E-state index >= 15 is 0 Å². The summed E-state index contributed by atoms with van der Waals surface area (Å²) in [6, 6.07) is 0. The highest BCUT2D eigenvalue weighted by molar-refractivity contribution is 6.38. The third-order valence-electron chi connectivity index (χ3n) is 2.72. The predicted molar refractivity (Wildman–Crippen MR) is 64.2 cm³/mol. The number of anilines is 1. The molecule has 1 aromatic rings. The zero-order valence-electron chi connectivity index (χ0n) is 9.11. The highest BCUT2D eigenvalue weighted by Crippen LogP contribution is 2.28. The fraction of sp³-hybridized carbons (Fsp3) is 0.500. The van der Waals surface area contributed by atoms with Crippen LogP contribution in [-0.4, -0.2) is 28.6 Å². The highest BCUT2D eigenvalue weighted by atomic mass is 35.5. The summed E-state index contributed by atoms with van der Waals surface area (Å²) in [6.45, 7) is 2.45. The molecule has 0 aliphatic carbocycles. The Labute approximate surface area is 108 Å². The van der Waals surface area contributed by atoms with Gasteiger partial charge in [-0.3, -0.25) is 4.79 Å². The van der Waals surface area contributed by atoms with E-state index in [1.54, 1.807) is 0 Å². The molecule has 2 heterocycles. The molecule has 2 rings (SSSR count). The molecular weight excluding hydrogens is 265 g/mol. The maximum Gasteiger partial charge on any atom is 0.230 e. The van der Waals surface area contributed by atoms with Gasteiger partial charge in [-0.2, -0.15) is 0 Å². The quantitative estimate of drug-likeness (QED) is 0.840. The van der Waals surface area contributed by atoms with E-state index in [1.165, 1.54) is 6.33 Å². The van der Waals surface area contributed by atoms with Crippen LogP contribution in [0.1, 0.15) is 13.3 Å². The third kappa shape index (κ3) is 2.68. The van der Waals surface area contributed by atoms with Crippen LogP contribution in [0, 0.1) is 5.92 Å². The van der Waals surface area contributed by atoms with Crippen molar-refractivity contribution in [3.63, 3.8) is 0 Å². The molecule has 1 aliphatic heterocycles. The van der Waals surface area contributed by atoms with Gasteiger partial charge in [0.15, 0.2) is 10.3 Å². The van der Waals surface area contributed by atoms with Crippen LogP contribution in [0.2, 0.25) is 10.3 Å². The Morgan fingerprint density at radius 3 is 2.65 bits per heavy atom. The van der Waals surface area contributed by atoms with Crippen molar-refractivity contribution in [1.29, 1.82) is 0 Å². The van der Waals surface area contributed by atoms with E-state index in [-0.39, 0.29) is 33.9 Å². The molecule has 1 aromatic heterocycles. The first-order valence-corrected chi connectivity index (χ1v) is 5.93. The second-order valence-corrected chi connectivity index (χ2v) is 4.51. The summed E-state index contributed by atoms with van der Waals surface area (Å²) in [4.78, 5) is 19.5. The molecule has 1 N–H and O–H groups in total. The number of hydrogen-bond donors (Lipinski definition) is 1. The molecule has 0 radical (unpaired) electrons. The number of ether oxygens (including phenoxy) is 1. The molecule has 2 atom stereocenters. The fourth-order valence-corrected chi connectivity index (χ4v) is 2.15. The first-order valence-electron chi connectivity index (χ1n) is 5.18. The summed E-state index contributed by atoms with van der Waals surface area (Å²) in [7, 11) is 0. The fourth-order valence-electron chi connectivity index (χ4n) is 1.74. The smallest absolute Gasteiger partial charge is 0.230 e. The van der Waals surface area contributed by atoms with Crippen molar-refractivity contribution in [2.45, 2.75) is 19.4 Å². The van der Waals surface area contributed by atoms with Gasteiger partial charge in [0.2, 0.25) is 5.91 Å². The summed E-state index contributed by atoms with van der Waals surface area (Å²) < 4.78 is 5.33. The maximum absolute atomic E-state index is 12.0. The van der Waals surface area contributed by atoms with Crippen LogP contribution in [0.15, 0.2) is 6.33 Å². The normalized spacial score (nSPS) is 23.7. The number of amides is 1. The van der Waals surface area contributed by atoms with E-state index in [1.807, 2.05) is 6.92 Å². The second-order valence-electron chi connectivity index (χ2n) is 3.79. The lowest BCUT2D eigenvalue weighted by atomic mass is 10.0. The van der Waals surface area contributed by atoms with Gasteiger partial charge >= 0.3 is 0 Å². The van der Waals surface area contributed by atoms with Crippen LogP contribution >= 0.6 is 23.2 Å². The van der Waals surface area contributed by atoms with Crippen molar-refractivity contribution in [2.24, 2.45) is 5.92 Å². The van der Waals surface area contributed by atoms with Gasteiger partial charge in [0.05, 0.1) is 12.0 Å². The van der Waals surface area contributed by atoms with E-state index in [0.29, 0.717) is 13.0 Å². The summed E-state index contributed by atoms with van der Waals surface area (Å²) in [6.07, 6.45) is 1.83. The molecule has 1 aliphatic rings. The van der Waals surface area contributed by atoms with Crippen molar-refractivity contribution in [2.75, 3.05) is 11.9 Å². The summed E-state index contributed by atoms with van der Waals surface area (Å²) >= 11 is 11.7. The molecule has 0 spiro atoms. The zero-order valence-corrected chi connectivity index (χ0v) is 10.6. The molecule has 1 fully saturated rings. The molecule has 0 saturated carbocycles. The molecule has 0 bridgehead atoms. The minimum Gasteiger partial charge on any atom is -0.378 e. The molecule has 7 heteroatoms. The number of rotatable bonds is 2. The first kappa shape index (κ1) is 12.5. The van der Waals surface area contributed by atoms with Crippen LogP contribution in [-0.2, 0) is 9.53 Å². The standard InChI is InChI=1S/C10H11Cl2N3O2/c1-5-6(2-3-17-5)10(16)15-7-8(11)13-4-14-9(7)12/h4-6H,2-3H2,1H3,(H,15,16). The molecule has 2 unspecified atom stereocenters. The average Bonchev–Trinajstić information content (AvgIpc) is 2.70. The Kier molecular flexibility index (Phi) is 3.81. The topological polar surface area (TPSA) is 64.1 Å². The Balaban J connectivity index is 2.13. The van der Waals surface area contributed by atoms with Crippen molar-refractivity contribution < 1.29 is 9.53 Å². The van der Waals surface area contributed by atoms with Crippen LogP contribution in [0.3, 0.4) is 0 Å². The van der Waals surface area contributed by atoms with E-state index in [4.69, 9.17) is 27.9 Å². The molecule has 1 amide bonds. The number of carbonyl (C=O) groups excluding carboxylic acids is 1. The number of nitrogens with zero attached hydrogens (tertiary/aromatic N) is 2. The lowest BCUT2D eigenvalue weighted by Crippen LogP contribution is -2.28. The van der Waals surface area contributed by atoms with Gasteiger partial charge in [-0.25, -0.2) is 9.97 Å². The molecule has 92 valence electrons. The molecule has 1 saturated heterocycles. The van der Waals surface area contributed by atoms with E-state index in [0.717, 1.165) is 0 Å². The van der Waals surface area contributed by atoms with Gasteiger partial charge in [-0.1, -0.05) is 23.2 Å². The average molecular weight is 276 g/mol. The van der Waals surface area contributed by atoms with Crippen LogP contribution < -0.4 is 5.32 Å². The van der Waals surface area contributed by atoms with Gasteiger partial charge < -0.3 is 10.1 Å². The summed E-state index contributed by atoms with van der Waals surface area (Å²) in [5, 5.41) is 2.90. The van der Waals surface area contributed by atoms with E-state index in [2.05, 4.69) is 15.3 Å². The Morgan fingerprint density at radius 1 is 1.47 bits per heavy atom. The molecular formula is C10H11Cl2N3O2. The Bertz CT molecular complexity index is 421. The van der Waals surface area contributed by atoms with Gasteiger partial charge in [0, 0.05) is 6.61 Å². The zero-order chi connectivity index (χ0) is 12.4. The third-order valence-corrected chi connectivity index (χ3v) is 3.29. The molecule has 0 aromatic carbocycles. The Morgan fingerprint density at radius 2 is 2.12 bits per heavy atom. The van der Waals surface area contributed by atoms with Crippen molar-refractivity contribution in [3.05, 3.63) is 16.6 Å². The monoisotopic (exact) mass is 275 g/mol. The maximum atomic E-state index is 12.0. The van der Waals surface area contributed by atoms with Crippen molar-refractivity contribution in [1.82, 2.24) is 9.97 Å². The lowest BCUT2D eigenvalue weighted by Gasteiger charge is -2.14. The van der Waals surface area contributed by atoms with Crippen LogP contribution in [0.25, 0.3) is 0 Å². The number of nitrogens with one attached hydrogen (secondary N) is 1. The van der Waals surface area contributed by atoms with Crippen LogP contribution in [0.4, 0.5) is 5.69 Å². The minimum atomic E-state index is -0.192.